The average molecular weight is 240 g/mol. The van der Waals surface area contributed by atoms with E-state index in [1.54, 1.807) is 6.92 Å². The molecular weight excluding hydrogens is 221 g/mol. The molecule has 0 spiro atoms. The fraction of sp³-hybridized carbons (Fsp3) is 0.900. The summed E-state index contributed by atoms with van der Waals surface area (Å²) in [5.41, 5.74) is 2.14. The topological polar surface area (TPSA) is 55.1 Å². The van der Waals surface area contributed by atoms with Crippen LogP contribution in [0, 0.1) is 5.92 Å². The lowest BCUT2D eigenvalue weighted by molar-refractivity contribution is -0.187. The molecule has 2 unspecified atom stereocenters. The van der Waals surface area contributed by atoms with E-state index in [0.29, 0.717) is 19.3 Å². The summed E-state index contributed by atoms with van der Waals surface area (Å²) in [5, 5.41) is 2.27. The van der Waals surface area contributed by atoms with Gasteiger partial charge in [0.25, 0.3) is 0 Å². The first-order valence-electron chi connectivity index (χ1n) is 5.15. The highest BCUT2D eigenvalue weighted by atomic mass is 19.4. The van der Waals surface area contributed by atoms with E-state index in [0.717, 1.165) is 0 Å². The number of carbonyl (C=O) groups is 1. The van der Waals surface area contributed by atoms with Gasteiger partial charge >= 0.3 is 6.18 Å². The highest BCUT2D eigenvalue weighted by molar-refractivity contribution is 5.86. The van der Waals surface area contributed by atoms with Crippen LogP contribution in [0.4, 0.5) is 13.2 Å². The smallest absolute Gasteiger partial charge is 0.352 e. The maximum atomic E-state index is 12.4. The second kappa shape index (κ2) is 5.03. The Hall–Kier alpha value is -0.780. The molecule has 0 radical (unpaired) electrons. The third-order valence-corrected chi connectivity index (χ3v) is 2.26. The van der Waals surface area contributed by atoms with Crippen molar-refractivity contribution in [2.45, 2.75) is 51.9 Å². The molecule has 0 saturated carbocycles. The molecule has 1 amide bonds. The van der Waals surface area contributed by atoms with Gasteiger partial charge in [-0.15, -0.1) is 0 Å². The molecule has 96 valence electrons. The Bertz CT molecular complexity index is 249. The van der Waals surface area contributed by atoms with Gasteiger partial charge in [-0.25, -0.2) is 0 Å². The number of alkyl halides is 3. The summed E-state index contributed by atoms with van der Waals surface area (Å²) in [7, 11) is 0. The third-order valence-electron chi connectivity index (χ3n) is 2.26. The maximum Gasteiger partial charge on any atom is 0.415 e. The fourth-order valence-electron chi connectivity index (χ4n) is 1.27. The molecule has 2 atom stereocenters. The summed E-state index contributed by atoms with van der Waals surface area (Å²) >= 11 is 0. The van der Waals surface area contributed by atoms with Crippen molar-refractivity contribution in [3.8, 4) is 0 Å². The molecule has 0 bridgehead atoms. The molecule has 0 saturated heterocycles. The number of halogens is 3. The first-order chi connectivity index (χ1) is 6.98. The Balaban J connectivity index is 4.47. The largest absolute Gasteiger partial charge is 0.415 e. The Morgan fingerprint density at radius 1 is 1.31 bits per heavy atom. The first-order valence-corrected chi connectivity index (χ1v) is 5.15. The number of hydrogen-bond donors (Lipinski definition) is 2. The first kappa shape index (κ1) is 15.2. The number of hydrogen-bond acceptors (Lipinski definition) is 2. The molecule has 3 N–H and O–H groups in total. The molecule has 0 aromatic carbocycles. The summed E-state index contributed by atoms with van der Waals surface area (Å²) in [6.45, 7) is 6.18. The zero-order chi connectivity index (χ0) is 13.1. The second-order valence-electron chi connectivity index (χ2n) is 4.70. The molecule has 0 aliphatic heterocycles. The monoisotopic (exact) mass is 240 g/mol. The third kappa shape index (κ3) is 4.00. The predicted molar refractivity (Wildman–Crippen MR) is 55.7 cm³/mol. The molecule has 0 aliphatic carbocycles. The SMILES string of the molecule is CC(C)CC(C)NC(=O)C(C)(N)C(F)(F)F. The Morgan fingerprint density at radius 2 is 1.75 bits per heavy atom. The van der Waals surface area contributed by atoms with Crippen molar-refractivity contribution >= 4 is 5.91 Å². The highest BCUT2D eigenvalue weighted by Gasteiger charge is 2.54. The van der Waals surface area contributed by atoms with Crippen molar-refractivity contribution in [3.05, 3.63) is 0 Å². The van der Waals surface area contributed by atoms with Crippen LogP contribution in [0.25, 0.3) is 0 Å². The van der Waals surface area contributed by atoms with Gasteiger partial charge in [-0.05, 0) is 26.2 Å². The number of rotatable bonds is 4. The molecule has 16 heavy (non-hydrogen) atoms. The molecule has 0 aliphatic rings. The van der Waals surface area contributed by atoms with Crippen LogP contribution < -0.4 is 11.1 Å². The van der Waals surface area contributed by atoms with Gasteiger partial charge in [-0.3, -0.25) is 4.79 Å². The van der Waals surface area contributed by atoms with Gasteiger partial charge in [-0.1, -0.05) is 13.8 Å². The molecule has 0 fully saturated rings. The Morgan fingerprint density at radius 3 is 2.06 bits per heavy atom. The van der Waals surface area contributed by atoms with Gasteiger partial charge in [0.05, 0.1) is 0 Å². The van der Waals surface area contributed by atoms with Gasteiger partial charge < -0.3 is 11.1 Å². The van der Waals surface area contributed by atoms with Crippen LogP contribution in [0.15, 0.2) is 0 Å². The summed E-state index contributed by atoms with van der Waals surface area (Å²) in [4.78, 5) is 11.3. The predicted octanol–water partition coefficient (Wildman–Crippen LogP) is 1.82. The number of nitrogens with two attached hydrogens (primary N) is 1. The summed E-state index contributed by atoms with van der Waals surface area (Å²) in [5.74, 6) is -0.890. The van der Waals surface area contributed by atoms with Crippen LogP contribution in [0.3, 0.4) is 0 Å². The molecule has 0 aromatic rings. The van der Waals surface area contributed by atoms with Gasteiger partial charge in [0.2, 0.25) is 5.91 Å². The van der Waals surface area contributed by atoms with Gasteiger partial charge in [0, 0.05) is 6.04 Å². The van der Waals surface area contributed by atoms with Gasteiger partial charge in [0.15, 0.2) is 5.54 Å². The lowest BCUT2D eigenvalue weighted by atomic mass is 10.00. The van der Waals surface area contributed by atoms with E-state index in [1.165, 1.54) is 0 Å². The second-order valence-corrected chi connectivity index (χ2v) is 4.70. The number of amides is 1. The standard InChI is InChI=1S/C10H19F3N2O/c1-6(2)5-7(3)15-8(16)9(4,14)10(11,12)13/h6-7H,5,14H2,1-4H3,(H,15,16). The molecule has 3 nitrogen and oxygen atoms in total. The molecule has 0 aromatic heterocycles. The van der Waals surface area contributed by atoms with E-state index in [4.69, 9.17) is 5.73 Å². The maximum absolute atomic E-state index is 12.4. The van der Waals surface area contributed by atoms with Crippen molar-refractivity contribution in [1.82, 2.24) is 5.32 Å². The van der Waals surface area contributed by atoms with Crippen LogP contribution in [0.5, 0.6) is 0 Å². The van der Waals surface area contributed by atoms with E-state index in [-0.39, 0.29) is 6.04 Å². The zero-order valence-electron chi connectivity index (χ0n) is 9.98. The van der Waals surface area contributed by atoms with E-state index in [2.05, 4.69) is 5.32 Å². The van der Waals surface area contributed by atoms with Crippen molar-refractivity contribution in [2.24, 2.45) is 11.7 Å². The summed E-state index contributed by atoms with van der Waals surface area (Å²) < 4.78 is 37.2. The average Bonchev–Trinajstić information content (AvgIpc) is 1.99. The Labute approximate surface area is 93.6 Å². The van der Waals surface area contributed by atoms with E-state index in [9.17, 15) is 18.0 Å². The summed E-state index contributed by atoms with van der Waals surface area (Å²) in [6.07, 6.45) is -4.13. The van der Waals surface area contributed by atoms with E-state index >= 15 is 0 Å². The fourth-order valence-corrected chi connectivity index (χ4v) is 1.27. The summed E-state index contributed by atoms with van der Waals surface area (Å²) in [6, 6.07) is -0.322. The number of nitrogens with one attached hydrogen (secondary N) is 1. The normalized spacial score (nSPS) is 18.1. The van der Waals surface area contributed by atoms with Crippen LogP contribution in [-0.4, -0.2) is 23.7 Å². The van der Waals surface area contributed by atoms with Crippen LogP contribution in [0.2, 0.25) is 0 Å². The minimum absolute atomic E-state index is 0.296. The minimum Gasteiger partial charge on any atom is -0.352 e. The van der Waals surface area contributed by atoms with Crippen LogP contribution in [0.1, 0.15) is 34.1 Å². The lowest BCUT2D eigenvalue weighted by Gasteiger charge is -2.28. The molecule has 6 heteroatoms. The van der Waals surface area contributed by atoms with Crippen molar-refractivity contribution in [3.63, 3.8) is 0 Å². The van der Waals surface area contributed by atoms with Gasteiger partial charge in [-0.2, -0.15) is 13.2 Å². The Kier molecular flexibility index (Phi) is 4.79. The minimum atomic E-state index is -4.74. The number of carbonyl (C=O) groups excluding carboxylic acids is 1. The zero-order valence-corrected chi connectivity index (χ0v) is 9.98. The van der Waals surface area contributed by atoms with Crippen LogP contribution >= 0.6 is 0 Å². The van der Waals surface area contributed by atoms with Crippen LogP contribution in [-0.2, 0) is 4.79 Å². The van der Waals surface area contributed by atoms with E-state index < -0.39 is 17.6 Å². The van der Waals surface area contributed by atoms with Crippen molar-refractivity contribution in [1.29, 1.82) is 0 Å². The molecule has 0 heterocycles. The van der Waals surface area contributed by atoms with Crippen molar-refractivity contribution < 1.29 is 18.0 Å². The molecular formula is C10H19F3N2O. The quantitative estimate of drug-likeness (QED) is 0.787. The van der Waals surface area contributed by atoms with Crippen molar-refractivity contribution in [2.75, 3.05) is 0 Å². The molecule has 0 rings (SSSR count). The lowest BCUT2D eigenvalue weighted by Crippen LogP contribution is -2.62. The highest BCUT2D eigenvalue weighted by Crippen LogP contribution is 2.28. The van der Waals surface area contributed by atoms with Gasteiger partial charge in [0.1, 0.15) is 0 Å². The van der Waals surface area contributed by atoms with E-state index in [1.807, 2.05) is 13.8 Å².